The second-order valence-electron chi connectivity index (χ2n) is 13.9. The number of anilines is 4. The van der Waals surface area contributed by atoms with E-state index in [-0.39, 0.29) is 11.8 Å². The second kappa shape index (κ2) is 19.7. The Morgan fingerprint density at radius 2 is 1.70 bits per heavy atom. The maximum atomic E-state index is 13.9. The fourth-order valence-electron chi connectivity index (χ4n) is 7.31. The Hall–Kier alpha value is -4.99. The number of hydrogen-bond acceptors (Lipinski definition) is 11. The van der Waals surface area contributed by atoms with Gasteiger partial charge in [0.05, 0.1) is 75.0 Å². The van der Waals surface area contributed by atoms with Crippen molar-refractivity contribution in [2.75, 3.05) is 89.0 Å². The topological polar surface area (TPSA) is 150 Å². The summed E-state index contributed by atoms with van der Waals surface area (Å²) in [6.45, 7) is 12.4. The third-order valence-electron chi connectivity index (χ3n) is 10.4. The maximum absolute atomic E-state index is 13.9. The van der Waals surface area contributed by atoms with Crippen molar-refractivity contribution in [2.24, 2.45) is 0 Å². The van der Waals surface area contributed by atoms with E-state index in [1.54, 1.807) is 14.2 Å². The Kier molecular flexibility index (Phi) is 14.3. The third-order valence-corrected chi connectivity index (χ3v) is 10.4. The van der Waals surface area contributed by atoms with Crippen molar-refractivity contribution >= 4 is 34.8 Å². The molecule has 2 aliphatic heterocycles. The summed E-state index contributed by atoms with van der Waals surface area (Å²) in [5.74, 6) is 1.91. The molecule has 1 saturated heterocycles. The van der Waals surface area contributed by atoms with Crippen LogP contribution in [0.4, 0.5) is 23.0 Å². The molecular weight excluding hydrogens is 715 g/mol. The highest BCUT2D eigenvalue weighted by atomic mass is 16.5. The number of aryl methyl sites for hydroxylation is 2. The minimum absolute atomic E-state index is 0.169. The summed E-state index contributed by atoms with van der Waals surface area (Å²) in [6.07, 6.45) is 9.13. The van der Waals surface area contributed by atoms with E-state index in [1.165, 1.54) is 0 Å². The van der Waals surface area contributed by atoms with Crippen LogP contribution in [0, 0.1) is 0 Å². The summed E-state index contributed by atoms with van der Waals surface area (Å²) in [7, 11) is 3.30. The van der Waals surface area contributed by atoms with Crippen LogP contribution in [0.3, 0.4) is 0 Å². The largest absolute Gasteiger partial charge is 0.494 e. The Bertz CT molecular complexity index is 1930. The number of aromatic nitrogens is 5. The van der Waals surface area contributed by atoms with Gasteiger partial charge in [-0.1, -0.05) is 27.2 Å². The van der Waals surface area contributed by atoms with Gasteiger partial charge >= 0.3 is 0 Å². The number of ether oxygens (including phenoxy) is 4. The first-order valence-electron chi connectivity index (χ1n) is 20.0. The fraction of sp³-hybridized carbons (Fsp3) is 0.537. The molecule has 0 atom stereocenters. The fourth-order valence-corrected chi connectivity index (χ4v) is 7.31. The molecule has 3 aromatic heterocycles. The first kappa shape index (κ1) is 40.7. The lowest BCUT2D eigenvalue weighted by atomic mass is 10.0. The monoisotopic (exact) mass is 771 g/mol. The molecule has 2 aliphatic rings. The molecule has 0 radical (unpaired) electrons. The van der Waals surface area contributed by atoms with Crippen molar-refractivity contribution in [3.8, 4) is 11.6 Å². The van der Waals surface area contributed by atoms with Gasteiger partial charge in [0, 0.05) is 75.1 Å². The number of fused-ring (bicyclic) bond motifs is 3. The van der Waals surface area contributed by atoms with E-state index in [9.17, 15) is 9.59 Å². The van der Waals surface area contributed by atoms with Gasteiger partial charge in [-0.3, -0.25) is 14.3 Å². The highest BCUT2D eigenvalue weighted by molar-refractivity contribution is 6.06. The standard InChI is InChI=1S/C41H57N9O6/c1-6-9-10-37(51)48-19-17-47(18-20-48)30-12-13-33(36(27-30)54-5)43-41-42-28-29-11-14-35-31(15-16-49(35)39(29)45-41)40(52)44-38-32(7-2)46-50(34(38)8-3)21-22-55-25-26-56-24-23-53-4/h12-13,15-16,27-28H,6-11,14,17-26H2,1-5H3,(H,44,52)(H,42,43,45). The lowest BCUT2D eigenvalue weighted by Gasteiger charge is -2.36. The van der Waals surface area contributed by atoms with Crippen LogP contribution in [-0.4, -0.2) is 114 Å². The van der Waals surface area contributed by atoms with E-state index in [4.69, 9.17) is 29.0 Å². The van der Waals surface area contributed by atoms with Gasteiger partial charge in [-0.25, -0.2) is 4.98 Å². The first-order valence-corrected chi connectivity index (χ1v) is 20.0. The van der Waals surface area contributed by atoms with E-state index in [1.807, 2.05) is 51.7 Å². The van der Waals surface area contributed by atoms with Gasteiger partial charge < -0.3 is 43.9 Å². The molecule has 2 N–H and O–H groups in total. The van der Waals surface area contributed by atoms with Crippen LogP contribution in [0.1, 0.15) is 73.0 Å². The predicted molar refractivity (Wildman–Crippen MR) is 216 cm³/mol. The van der Waals surface area contributed by atoms with Crippen molar-refractivity contribution in [3.05, 3.63) is 64.9 Å². The van der Waals surface area contributed by atoms with Crippen LogP contribution in [0.15, 0.2) is 36.7 Å². The molecule has 302 valence electrons. The average Bonchev–Trinajstić information content (AvgIpc) is 3.82. The van der Waals surface area contributed by atoms with Gasteiger partial charge in [0.1, 0.15) is 11.6 Å². The smallest absolute Gasteiger partial charge is 0.257 e. The Balaban J connectivity index is 1.11. The van der Waals surface area contributed by atoms with Crippen LogP contribution in [0.25, 0.3) is 5.82 Å². The van der Waals surface area contributed by atoms with E-state index in [0.29, 0.717) is 102 Å². The molecule has 0 bridgehead atoms. The number of amides is 2. The van der Waals surface area contributed by atoms with Gasteiger partial charge in [0.15, 0.2) is 0 Å². The molecule has 2 amide bonds. The zero-order valence-corrected chi connectivity index (χ0v) is 33.6. The number of unbranched alkanes of at least 4 members (excludes halogenated alkanes) is 1. The average molecular weight is 772 g/mol. The summed E-state index contributed by atoms with van der Waals surface area (Å²) in [6, 6.07) is 7.91. The van der Waals surface area contributed by atoms with Crippen LogP contribution in [-0.2, 0) is 51.2 Å². The van der Waals surface area contributed by atoms with Crippen molar-refractivity contribution in [1.82, 2.24) is 29.2 Å². The van der Waals surface area contributed by atoms with E-state index < -0.39 is 0 Å². The molecular formula is C41H57N9O6. The summed E-state index contributed by atoms with van der Waals surface area (Å²) < 4.78 is 26.0. The quantitative estimate of drug-likeness (QED) is 0.114. The van der Waals surface area contributed by atoms with Crippen LogP contribution >= 0.6 is 0 Å². The SMILES string of the molecule is CCCCC(=O)N1CCN(c2ccc(Nc3ncc4c(n3)-n3ccc(C(=O)Nc5c(CC)nn(CCOCCOCCOC)c5CC)c3CC4)c(OC)c2)CC1. The number of carbonyl (C=O) groups excluding carboxylic acids is 2. The Morgan fingerprint density at radius 1 is 0.911 bits per heavy atom. The summed E-state index contributed by atoms with van der Waals surface area (Å²) in [5, 5.41) is 11.4. The van der Waals surface area contributed by atoms with Gasteiger partial charge in [0.2, 0.25) is 11.9 Å². The van der Waals surface area contributed by atoms with Gasteiger partial charge in [-0.05, 0) is 50.3 Å². The molecule has 5 heterocycles. The second-order valence-corrected chi connectivity index (χ2v) is 13.9. The highest BCUT2D eigenvalue weighted by Crippen LogP contribution is 2.34. The van der Waals surface area contributed by atoms with Crippen molar-refractivity contribution in [2.45, 2.75) is 72.3 Å². The highest BCUT2D eigenvalue weighted by Gasteiger charge is 2.27. The molecule has 1 aromatic carbocycles. The van der Waals surface area contributed by atoms with Crippen LogP contribution in [0.5, 0.6) is 5.75 Å². The number of nitrogens with zero attached hydrogens (tertiary/aromatic N) is 7. The number of methoxy groups -OCH3 is 2. The van der Waals surface area contributed by atoms with Gasteiger partial charge in [0.25, 0.3) is 5.91 Å². The number of hydrogen-bond donors (Lipinski definition) is 2. The zero-order chi connectivity index (χ0) is 39.4. The molecule has 0 aliphatic carbocycles. The van der Waals surface area contributed by atoms with Crippen LogP contribution in [0.2, 0.25) is 0 Å². The minimum Gasteiger partial charge on any atom is -0.494 e. The molecule has 4 aromatic rings. The van der Waals surface area contributed by atoms with E-state index >= 15 is 0 Å². The van der Waals surface area contributed by atoms with Crippen molar-refractivity contribution < 1.29 is 28.5 Å². The third kappa shape index (κ3) is 9.51. The number of nitrogens with one attached hydrogen (secondary N) is 2. The van der Waals surface area contributed by atoms with E-state index in [2.05, 4.69) is 40.4 Å². The van der Waals surface area contributed by atoms with Crippen molar-refractivity contribution in [3.63, 3.8) is 0 Å². The zero-order valence-electron chi connectivity index (χ0n) is 33.6. The molecule has 15 heteroatoms. The summed E-state index contributed by atoms with van der Waals surface area (Å²) in [5.41, 5.74) is 6.89. The molecule has 6 rings (SSSR count). The normalized spacial score (nSPS) is 13.7. The van der Waals surface area contributed by atoms with E-state index in [0.717, 1.165) is 71.5 Å². The van der Waals surface area contributed by atoms with Gasteiger partial charge in [-0.15, -0.1) is 0 Å². The lowest BCUT2D eigenvalue weighted by Crippen LogP contribution is -2.48. The summed E-state index contributed by atoms with van der Waals surface area (Å²) >= 11 is 0. The Labute approximate surface area is 329 Å². The summed E-state index contributed by atoms with van der Waals surface area (Å²) in [4.78, 5) is 40.3. The number of rotatable bonds is 20. The van der Waals surface area contributed by atoms with Gasteiger partial charge in [-0.2, -0.15) is 10.1 Å². The number of benzene rings is 1. The first-order chi connectivity index (χ1) is 27.4. The molecule has 56 heavy (non-hydrogen) atoms. The maximum Gasteiger partial charge on any atom is 0.257 e. The van der Waals surface area contributed by atoms with Crippen LogP contribution < -0.4 is 20.3 Å². The minimum atomic E-state index is -0.169. The number of carbonyl (C=O) groups is 2. The number of piperazine rings is 1. The molecule has 0 spiro atoms. The lowest BCUT2D eigenvalue weighted by molar-refractivity contribution is -0.131. The predicted octanol–water partition coefficient (Wildman–Crippen LogP) is 5.21. The van der Waals surface area contributed by atoms with Crippen molar-refractivity contribution in [1.29, 1.82) is 0 Å². The molecule has 15 nitrogen and oxygen atoms in total. The Morgan fingerprint density at radius 3 is 2.43 bits per heavy atom. The molecule has 0 saturated carbocycles. The molecule has 0 unspecified atom stereocenters. The molecule has 1 fully saturated rings.